The van der Waals surface area contributed by atoms with Gasteiger partial charge in [0, 0.05) is 26.6 Å². The SMILES string of the molecule is CCc1ccc(CN(C)C(=O)C2CC(=O)N(Cc3ccco3)C2)cc1. The van der Waals surface area contributed by atoms with Gasteiger partial charge in [-0.3, -0.25) is 9.59 Å². The second-order valence-electron chi connectivity index (χ2n) is 6.62. The number of aryl methyl sites for hydroxylation is 1. The van der Waals surface area contributed by atoms with E-state index in [1.165, 1.54) is 5.56 Å². The Morgan fingerprint density at radius 1 is 1.24 bits per heavy atom. The Labute approximate surface area is 148 Å². The van der Waals surface area contributed by atoms with Crippen LogP contribution in [0.15, 0.2) is 47.1 Å². The van der Waals surface area contributed by atoms with E-state index in [2.05, 4.69) is 31.2 Å². The predicted octanol–water partition coefficient (Wildman–Crippen LogP) is 2.85. The molecule has 0 bridgehead atoms. The third-order valence-corrected chi connectivity index (χ3v) is 4.72. The van der Waals surface area contributed by atoms with Crippen molar-refractivity contribution in [2.24, 2.45) is 5.92 Å². The molecule has 3 rings (SSSR count). The van der Waals surface area contributed by atoms with Crippen molar-refractivity contribution < 1.29 is 14.0 Å². The van der Waals surface area contributed by atoms with E-state index in [-0.39, 0.29) is 24.2 Å². The fourth-order valence-corrected chi connectivity index (χ4v) is 3.22. The first-order valence-electron chi connectivity index (χ1n) is 8.69. The molecular formula is C20H24N2O3. The Morgan fingerprint density at radius 2 is 1.96 bits per heavy atom. The van der Waals surface area contributed by atoms with Crippen LogP contribution in [0.4, 0.5) is 0 Å². The zero-order chi connectivity index (χ0) is 17.8. The number of hydrogen-bond donors (Lipinski definition) is 0. The van der Waals surface area contributed by atoms with Gasteiger partial charge in [0.25, 0.3) is 0 Å². The lowest BCUT2D eigenvalue weighted by molar-refractivity contribution is -0.135. The summed E-state index contributed by atoms with van der Waals surface area (Å²) < 4.78 is 5.30. The minimum absolute atomic E-state index is 0.00967. The first-order valence-corrected chi connectivity index (χ1v) is 8.69. The molecule has 0 spiro atoms. The first-order chi connectivity index (χ1) is 12.1. The number of carbonyl (C=O) groups is 2. The molecule has 1 aromatic heterocycles. The molecule has 1 atom stereocenters. The van der Waals surface area contributed by atoms with Gasteiger partial charge in [-0.25, -0.2) is 0 Å². The van der Waals surface area contributed by atoms with Crippen molar-refractivity contribution in [2.75, 3.05) is 13.6 Å². The number of hydrogen-bond acceptors (Lipinski definition) is 3. The number of furan rings is 1. The van der Waals surface area contributed by atoms with Gasteiger partial charge in [-0.2, -0.15) is 0 Å². The number of amides is 2. The lowest BCUT2D eigenvalue weighted by Gasteiger charge is -2.21. The molecular weight excluding hydrogens is 316 g/mol. The highest BCUT2D eigenvalue weighted by Gasteiger charge is 2.35. The molecule has 1 unspecified atom stereocenters. The van der Waals surface area contributed by atoms with Gasteiger partial charge in [0.15, 0.2) is 0 Å². The summed E-state index contributed by atoms with van der Waals surface area (Å²) in [6.45, 7) is 3.57. The van der Waals surface area contributed by atoms with E-state index in [9.17, 15) is 9.59 Å². The number of rotatable bonds is 6. The van der Waals surface area contributed by atoms with Crippen LogP contribution in [0, 0.1) is 5.92 Å². The molecule has 1 aliphatic heterocycles. The number of nitrogens with zero attached hydrogens (tertiary/aromatic N) is 2. The van der Waals surface area contributed by atoms with Crippen LogP contribution in [0.3, 0.4) is 0 Å². The molecule has 0 radical (unpaired) electrons. The minimum atomic E-state index is -0.276. The van der Waals surface area contributed by atoms with Gasteiger partial charge in [0.2, 0.25) is 11.8 Å². The third kappa shape index (κ3) is 4.10. The van der Waals surface area contributed by atoms with Crippen LogP contribution < -0.4 is 0 Å². The maximum atomic E-state index is 12.7. The highest BCUT2D eigenvalue weighted by atomic mass is 16.3. The number of carbonyl (C=O) groups excluding carboxylic acids is 2. The molecule has 1 fully saturated rings. The van der Waals surface area contributed by atoms with Crippen molar-refractivity contribution in [1.82, 2.24) is 9.80 Å². The lowest BCUT2D eigenvalue weighted by atomic mass is 10.1. The molecule has 5 heteroatoms. The molecule has 5 nitrogen and oxygen atoms in total. The zero-order valence-corrected chi connectivity index (χ0v) is 14.8. The summed E-state index contributed by atoms with van der Waals surface area (Å²) in [7, 11) is 1.80. The normalized spacial score (nSPS) is 17.1. The monoisotopic (exact) mass is 340 g/mol. The summed E-state index contributed by atoms with van der Waals surface area (Å²) in [6, 6.07) is 12.0. The second-order valence-corrected chi connectivity index (χ2v) is 6.62. The molecule has 1 saturated heterocycles. The van der Waals surface area contributed by atoms with Gasteiger partial charge in [-0.1, -0.05) is 31.2 Å². The van der Waals surface area contributed by atoms with Crippen molar-refractivity contribution in [3.05, 3.63) is 59.5 Å². The summed E-state index contributed by atoms with van der Waals surface area (Å²) in [4.78, 5) is 28.3. The average molecular weight is 340 g/mol. The summed E-state index contributed by atoms with van der Waals surface area (Å²) in [6.07, 6.45) is 2.87. The van der Waals surface area contributed by atoms with Gasteiger partial charge in [0.1, 0.15) is 5.76 Å². The van der Waals surface area contributed by atoms with Crippen molar-refractivity contribution in [3.63, 3.8) is 0 Å². The smallest absolute Gasteiger partial charge is 0.228 e. The van der Waals surface area contributed by atoms with Gasteiger partial charge in [-0.15, -0.1) is 0 Å². The standard InChI is InChI=1S/C20H24N2O3/c1-3-15-6-8-16(9-7-15)12-21(2)20(24)17-11-19(23)22(13-17)14-18-5-4-10-25-18/h4-10,17H,3,11-14H2,1-2H3. The molecule has 25 heavy (non-hydrogen) atoms. The van der Waals surface area contributed by atoms with E-state index >= 15 is 0 Å². The van der Waals surface area contributed by atoms with Crippen LogP contribution in [0.2, 0.25) is 0 Å². The van der Waals surface area contributed by atoms with Gasteiger partial charge in [0.05, 0.1) is 18.7 Å². The number of likely N-dealkylation sites (tertiary alicyclic amines) is 1. The maximum absolute atomic E-state index is 12.7. The fourth-order valence-electron chi connectivity index (χ4n) is 3.22. The molecule has 0 saturated carbocycles. The lowest BCUT2D eigenvalue weighted by Crippen LogP contribution is -2.34. The highest BCUT2D eigenvalue weighted by molar-refractivity contribution is 5.89. The van der Waals surface area contributed by atoms with E-state index in [0.717, 1.165) is 17.7 Å². The van der Waals surface area contributed by atoms with Gasteiger partial charge in [-0.05, 0) is 29.7 Å². The predicted molar refractivity (Wildman–Crippen MR) is 94.5 cm³/mol. The van der Waals surface area contributed by atoms with Crippen molar-refractivity contribution >= 4 is 11.8 Å². The van der Waals surface area contributed by atoms with E-state index < -0.39 is 0 Å². The quantitative estimate of drug-likeness (QED) is 0.812. The molecule has 0 N–H and O–H groups in total. The van der Waals surface area contributed by atoms with Gasteiger partial charge < -0.3 is 14.2 Å². The van der Waals surface area contributed by atoms with E-state index in [1.807, 2.05) is 6.07 Å². The van der Waals surface area contributed by atoms with Crippen LogP contribution >= 0.6 is 0 Å². The minimum Gasteiger partial charge on any atom is -0.467 e. The van der Waals surface area contributed by atoms with Crippen molar-refractivity contribution in [2.45, 2.75) is 32.9 Å². The Balaban J connectivity index is 1.57. The fraction of sp³-hybridized carbons (Fsp3) is 0.400. The van der Waals surface area contributed by atoms with Crippen LogP contribution in [0.5, 0.6) is 0 Å². The molecule has 2 amide bonds. The Kier molecular flexibility index (Phi) is 5.22. The zero-order valence-electron chi connectivity index (χ0n) is 14.8. The van der Waals surface area contributed by atoms with E-state index in [0.29, 0.717) is 19.6 Å². The first kappa shape index (κ1) is 17.3. The third-order valence-electron chi connectivity index (χ3n) is 4.72. The van der Waals surface area contributed by atoms with Crippen LogP contribution in [-0.2, 0) is 29.1 Å². The summed E-state index contributed by atoms with van der Waals surface area (Å²) in [5.41, 5.74) is 2.39. The van der Waals surface area contributed by atoms with Crippen molar-refractivity contribution in [3.8, 4) is 0 Å². The molecule has 132 valence electrons. The summed E-state index contributed by atoms with van der Waals surface area (Å²) in [5.74, 6) is 0.499. The summed E-state index contributed by atoms with van der Waals surface area (Å²) in [5, 5.41) is 0. The second kappa shape index (κ2) is 7.55. The molecule has 1 aliphatic rings. The van der Waals surface area contributed by atoms with Gasteiger partial charge >= 0.3 is 0 Å². The molecule has 1 aromatic carbocycles. The molecule has 0 aliphatic carbocycles. The largest absolute Gasteiger partial charge is 0.467 e. The van der Waals surface area contributed by atoms with Crippen LogP contribution in [0.25, 0.3) is 0 Å². The van der Waals surface area contributed by atoms with E-state index in [4.69, 9.17) is 4.42 Å². The maximum Gasteiger partial charge on any atom is 0.228 e. The average Bonchev–Trinajstić information content (AvgIpc) is 3.25. The van der Waals surface area contributed by atoms with Crippen LogP contribution in [0.1, 0.15) is 30.2 Å². The Bertz CT molecular complexity index is 722. The highest BCUT2D eigenvalue weighted by Crippen LogP contribution is 2.22. The molecule has 2 heterocycles. The Morgan fingerprint density at radius 3 is 2.60 bits per heavy atom. The number of benzene rings is 1. The topological polar surface area (TPSA) is 53.8 Å². The Hall–Kier alpha value is -2.56. The summed E-state index contributed by atoms with van der Waals surface area (Å²) >= 11 is 0. The molecule has 2 aromatic rings. The van der Waals surface area contributed by atoms with Crippen molar-refractivity contribution in [1.29, 1.82) is 0 Å². The van der Waals surface area contributed by atoms with Crippen LogP contribution in [-0.4, -0.2) is 35.2 Å². The van der Waals surface area contributed by atoms with E-state index in [1.54, 1.807) is 29.2 Å².